The molecule has 0 aromatic carbocycles. The lowest BCUT2D eigenvalue weighted by Crippen LogP contribution is -2.70. The minimum Gasteiger partial charge on any atom is -0.479 e. The van der Waals surface area contributed by atoms with Crippen molar-refractivity contribution < 1.29 is 24.3 Å². The summed E-state index contributed by atoms with van der Waals surface area (Å²) >= 11 is 5.34. The van der Waals surface area contributed by atoms with E-state index in [0.717, 1.165) is 32.1 Å². The summed E-state index contributed by atoms with van der Waals surface area (Å²) in [6.45, 7) is 3.12. The van der Waals surface area contributed by atoms with Crippen LogP contribution in [0.25, 0.3) is 0 Å². The van der Waals surface area contributed by atoms with E-state index in [1.54, 1.807) is 20.1 Å². The van der Waals surface area contributed by atoms with Crippen molar-refractivity contribution >= 4 is 48.0 Å². The lowest BCUT2D eigenvalue weighted by Gasteiger charge is -2.41. The fraction of sp³-hybridized carbons (Fsp3) is 0.810. The zero-order chi connectivity index (χ0) is 24.5. The number of nitrogens with one attached hydrogen (secondary N) is 1. The normalized spacial score (nSPS) is 18.6. The van der Waals surface area contributed by atoms with E-state index in [-0.39, 0.29) is 36.4 Å². The minimum atomic E-state index is -2.44. The zero-order valence-electron chi connectivity index (χ0n) is 19.2. The van der Waals surface area contributed by atoms with Gasteiger partial charge in [-0.2, -0.15) is 24.4 Å². The number of nitrogens with zero attached hydrogens (tertiary/aromatic N) is 1. The number of carbonyl (C=O) groups excluding carboxylic acids is 3. The third-order valence-corrected chi connectivity index (χ3v) is 6.97. The number of hydrogen-bond acceptors (Lipinski definition) is 9. The van der Waals surface area contributed by atoms with Crippen LogP contribution in [0.1, 0.15) is 52.4 Å². The first-order valence-electron chi connectivity index (χ1n) is 11.0. The van der Waals surface area contributed by atoms with Crippen molar-refractivity contribution in [3.8, 4) is 0 Å². The van der Waals surface area contributed by atoms with Crippen LogP contribution in [0.3, 0.4) is 0 Å². The molecule has 184 valence electrons. The van der Waals surface area contributed by atoms with Crippen LogP contribution in [-0.2, 0) is 19.2 Å². The van der Waals surface area contributed by atoms with Gasteiger partial charge < -0.3 is 21.9 Å². The second-order valence-electron chi connectivity index (χ2n) is 8.61. The maximum absolute atomic E-state index is 13.4. The third-order valence-electron chi connectivity index (χ3n) is 5.96. The van der Waals surface area contributed by atoms with Crippen LogP contribution in [0, 0.1) is 5.92 Å². The molecule has 1 saturated carbocycles. The summed E-state index contributed by atoms with van der Waals surface area (Å²) in [6, 6.07) is -2.31. The first-order valence-corrected chi connectivity index (χ1v) is 13.1. The molecule has 0 aromatic rings. The lowest BCUT2D eigenvalue weighted by atomic mass is 9.83. The molecule has 32 heavy (non-hydrogen) atoms. The molecule has 0 saturated heterocycles. The van der Waals surface area contributed by atoms with Gasteiger partial charge in [0.05, 0.1) is 18.6 Å². The first-order chi connectivity index (χ1) is 15.0. The van der Waals surface area contributed by atoms with Crippen molar-refractivity contribution in [1.82, 2.24) is 10.2 Å². The van der Waals surface area contributed by atoms with Gasteiger partial charge in [0.15, 0.2) is 5.78 Å². The Morgan fingerprint density at radius 3 is 2.25 bits per heavy atom. The second-order valence-corrected chi connectivity index (χ2v) is 9.97. The van der Waals surface area contributed by atoms with Gasteiger partial charge in [0.25, 0.3) is 0 Å². The molecule has 0 aliphatic heterocycles. The number of Topliss-reactive ketones (excluding diaryl/α,β-unsaturated/α-hetero) is 1. The molecule has 6 N–H and O–H groups in total. The Morgan fingerprint density at radius 1 is 1.19 bits per heavy atom. The van der Waals surface area contributed by atoms with E-state index >= 15 is 0 Å². The van der Waals surface area contributed by atoms with Gasteiger partial charge >= 0.3 is 5.97 Å². The second kappa shape index (κ2) is 13.5. The van der Waals surface area contributed by atoms with Gasteiger partial charge in [-0.15, -0.1) is 0 Å². The summed E-state index contributed by atoms with van der Waals surface area (Å²) in [7, 11) is 0. The molecule has 0 aromatic heterocycles. The van der Waals surface area contributed by atoms with E-state index in [1.165, 1.54) is 11.8 Å². The summed E-state index contributed by atoms with van der Waals surface area (Å²) in [6.07, 6.45) is 6.47. The molecule has 1 fully saturated rings. The van der Waals surface area contributed by atoms with E-state index in [0.29, 0.717) is 4.90 Å². The molecule has 9 nitrogen and oxygen atoms in total. The smallest absolute Gasteiger partial charge is 0.338 e. The Bertz CT molecular complexity index is 673. The maximum atomic E-state index is 13.4. The fourth-order valence-corrected chi connectivity index (χ4v) is 4.53. The molecule has 11 heteroatoms. The minimum absolute atomic E-state index is 0.101. The molecule has 1 rings (SSSR count). The molecule has 0 spiro atoms. The molecule has 3 unspecified atom stereocenters. The van der Waals surface area contributed by atoms with Crippen LogP contribution in [0.2, 0.25) is 0 Å². The number of carbonyl (C=O) groups is 4. The lowest BCUT2D eigenvalue weighted by molar-refractivity contribution is -0.172. The van der Waals surface area contributed by atoms with Crippen molar-refractivity contribution in [2.24, 2.45) is 17.4 Å². The number of hydrogen-bond donors (Lipinski definition) is 5. The van der Waals surface area contributed by atoms with E-state index < -0.39 is 41.2 Å². The van der Waals surface area contributed by atoms with Crippen molar-refractivity contribution in [2.45, 2.75) is 76.0 Å². The maximum Gasteiger partial charge on any atom is 0.338 e. The molecular weight excluding hydrogens is 452 g/mol. The van der Waals surface area contributed by atoms with E-state index in [2.05, 4.69) is 17.9 Å². The van der Waals surface area contributed by atoms with Gasteiger partial charge in [0.1, 0.15) is 0 Å². The topological polar surface area (TPSA) is 156 Å². The van der Waals surface area contributed by atoms with Crippen molar-refractivity contribution in [1.29, 1.82) is 0 Å². The molecular formula is C21H38N4O5S2. The van der Waals surface area contributed by atoms with E-state index in [4.69, 9.17) is 11.5 Å². The van der Waals surface area contributed by atoms with Crippen LogP contribution >= 0.6 is 24.4 Å². The standard InChI is InChI=1S/C21H38N4O5S2/c1-13(2)17(23)19(28)25(16(26)11-24-14-7-5-4-6-8-14)21(20(29)30,9-10-32-3)18(27)15(22)12-31/h13-15,17,24,31H,4-12,22-23H2,1-3H3,(H,29,30). The van der Waals surface area contributed by atoms with Gasteiger partial charge in [0, 0.05) is 11.8 Å². The number of thioether (sulfide) groups is 1. The number of thiol groups is 1. The largest absolute Gasteiger partial charge is 0.479 e. The van der Waals surface area contributed by atoms with Gasteiger partial charge in [-0.1, -0.05) is 33.1 Å². The van der Waals surface area contributed by atoms with Crippen LogP contribution in [0.15, 0.2) is 0 Å². The summed E-state index contributed by atoms with van der Waals surface area (Å²) in [5.74, 6) is -4.47. The van der Waals surface area contributed by atoms with Gasteiger partial charge in [-0.05, 0) is 37.2 Å². The summed E-state index contributed by atoms with van der Waals surface area (Å²) in [5, 5.41) is 13.4. The van der Waals surface area contributed by atoms with Crippen LogP contribution < -0.4 is 16.8 Å². The van der Waals surface area contributed by atoms with Crippen molar-refractivity contribution in [3.05, 3.63) is 0 Å². The highest BCUT2D eigenvalue weighted by atomic mass is 32.2. The molecule has 0 heterocycles. The highest BCUT2D eigenvalue weighted by Gasteiger charge is 2.57. The Morgan fingerprint density at radius 2 is 1.78 bits per heavy atom. The SMILES string of the molecule is CSCCC(C(=O)O)(C(=O)C(N)CS)N(C(=O)CNC1CCCCC1)C(=O)C(N)C(C)C. The number of rotatable bonds is 13. The number of imide groups is 1. The number of carboxylic acid groups (broad SMARTS) is 1. The molecule has 0 bridgehead atoms. The molecule has 2 amide bonds. The average molecular weight is 491 g/mol. The predicted molar refractivity (Wildman–Crippen MR) is 130 cm³/mol. The molecule has 1 aliphatic rings. The Kier molecular flexibility index (Phi) is 12.2. The van der Waals surface area contributed by atoms with Gasteiger partial charge in [-0.3, -0.25) is 19.3 Å². The fourth-order valence-electron chi connectivity index (χ4n) is 3.87. The molecule has 0 radical (unpaired) electrons. The Balaban J connectivity index is 3.46. The van der Waals surface area contributed by atoms with Crippen LogP contribution in [-0.4, -0.2) is 81.5 Å². The average Bonchev–Trinajstić information content (AvgIpc) is 2.78. The third kappa shape index (κ3) is 6.93. The van der Waals surface area contributed by atoms with Crippen LogP contribution in [0.4, 0.5) is 0 Å². The Hall–Kier alpha value is -1.14. The number of ketones is 1. The summed E-state index contributed by atoms with van der Waals surface area (Å²) in [4.78, 5) is 53.3. The quantitative estimate of drug-likeness (QED) is 0.185. The van der Waals surface area contributed by atoms with Gasteiger partial charge in [-0.25, -0.2) is 4.79 Å². The van der Waals surface area contributed by atoms with Crippen molar-refractivity contribution in [3.63, 3.8) is 0 Å². The van der Waals surface area contributed by atoms with Crippen LogP contribution in [0.5, 0.6) is 0 Å². The first kappa shape index (κ1) is 28.9. The van der Waals surface area contributed by atoms with Gasteiger partial charge in [0.2, 0.25) is 17.4 Å². The zero-order valence-corrected chi connectivity index (χ0v) is 20.9. The number of aliphatic carboxylic acids is 1. The summed E-state index contributed by atoms with van der Waals surface area (Å²) in [5.41, 5.74) is 9.49. The molecule has 3 atom stereocenters. The number of amides is 2. The van der Waals surface area contributed by atoms with Crippen molar-refractivity contribution in [2.75, 3.05) is 24.3 Å². The van der Waals surface area contributed by atoms with E-state index in [9.17, 15) is 24.3 Å². The monoisotopic (exact) mass is 490 g/mol. The highest BCUT2D eigenvalue weighted by Crippen LogP contribution is 2.28. The summed E-state index contributed by atoms with van der Waals surface area (Å²) < 4.78 is 0. The molecule has 1 aliphatic carbocycles. The number of nitrogens with two attached hydrogens (primary N) is 2. The highest BCUT2D eigenvalue weighted by molar-refractivity contribution is 7.98. The predicted octanol–water partition coefficient (Wildman–Crippen LogP) is 0.650. The van der Waals surface area contributed by atoms with E-state index in [1.807, 2.05) is 0 Å². The Labute approximate surface area is 200 Å². The number of carboxylic acids is 1.